The monoisotopic (exact) mass is 250 g/mol. The van der Waals surface area contributed by atoms with E-state index in [9.17, 15) is 4.79 Å². The first-order chi connectivity index (χ1) is 8.24. The highest BCUT2D eigenvalue weighted by molar-refractivity contribution is 5.73. The maximum atomic E-state index is 11.0. The number of aryl methyl sites for hydroxylation is 1. The highest BCUT2D eigenvalue weighted by Gasteiger charge is 2.28. The van der Waals surface area contributed by atoms with Gasteiger partial charge in [-0.1, -0.05) is 26.0 Å². The third-order valence-corrected chi connectivity index (χ3v) is 2.96. The molecule has 0 aromatic heterocycles. The van der Waals surface area contributed by atoms with Crippen LogP contribution in [0.4, 0.5) is 0 Å². The lowest BCUT2D eigenvalue weighted by atomic mass is 9.95. The van der Waals surface area contributed by atoms with Gasteiger partial charge in [0.05, 0.1) is 5.41 Å². The van der Waals surface area contributed by atoms with E-state index in [0.29, 0.717) is 5.92 Å². The molecular formula is C15H22O3. The standard InChI is InChI=1S/C15H22O3/c1-10(2)12-7-6-11(3)8-13(12)18-9-15(4,5)14(16)17/h6-8,10H,9H2,1-5H3,(H,16,17). The van der Waals surface area contributed by atoms with Crippen molar-refractivity contribution in [3.8, 4) is 5.75 Å². The van der Waals surface area contributed by atoms with E-state index in [4.69, 9.17) is 9.84 Å². The van der Waals surface area contributed by atoms with Crippen LogP contribution < -0.4 is 4.74 Å². The first kappa shape index (κ1) is 14.6. The molecule has 0 aliphatic carbocycles. The highest BCUT2D eigenvalue weighted by atomic mass is 16.5. The van der Waals surface area contributed by atoms with Crippen LogP contribution in [0, 0.1) is 12.3 Å². The Morgan fingerprint density at radius 3 is 2.50 bits per heavy atom. The van der Waals surface area contributed by atoms with Crippen molar-refractivity contribution >= 4 is 5.97 Å². The van der Waals surface area contributed by atoms with Crippen molar-refractivity contribution in [2.75, 3.05) is 6.61 Å². The Hall–Kier alpha value is -1.51. The molecule has 1 rings (SSSR count). The van der Waals surface area contributed by atoms with Crippen LogP contribution in [0.2, 0.25) is 0 Å². The fraction of sp³-hybridized carbons (Fsp3) is 0.533. The number of aliphatic carboxylic acids is 1. The van der Waals surface area contributed by atoms with Gasteiger partial charge in [0.25, 0.3) is 0 Å². The molecule has 1 aromatic carbocycles. The maximum Gasteiger partial charge on any atom is 0.312 e. The highest BCUT2D eigenvalue weighted by Crippen LogP contribution is 2.29. The Bertz CT molecular complexity index is 433. The summed E-state index contributed by atoms with van der Waals surface area (Å²) in [6.07, 6.45) is 0. The molecule has 1 N–H and O–H groups in total. The number of hydrogen-bond acceptors (Lipinski definition) is 2. The van der Waals surface area contributed by atoms with Crippen molar-refractivity contribution in [2.24, 2.45) is 5.41 Å². The second-order valence-electron chi connectivity index (χ2n) is 5.67. The van der Waals surface area contributed by atoms with Gasteiger partial charge < -0.3 is 9.84 Å². The van der Waals surface area contributed by atoms with Gasteiger partial charge in [-0.25, -0.2) is 0 Å². The van der Waals surface area contributed by atoms with Crippen molar-refractivity contribution in [2.45, 2.75) is 40.5 Å². The first-order valence-electron chi connectivity index (χ1n) is 6.21. The molecule has 100 valence electrons. The third-order valence-electron chi connectivity index (χ3n) is 2.96. The summed E-state index contributed by atoms with van der Waals surface area (Å²) in [7, 11) is 0. The molecule has 0 heterocycles. The Balaban J connectivity index is 2.90. The van der Waals surface area contributed by atoms with E-state index in [1.807, 2.05) is 25.1 Å². The fourth-order valence-electron chi connectivity index (χ4n) is 1.56. The summed E-state index contributed by atoms with van der Waals surface area (Å²) in [5.74, 6) is 0.300. The smallest absolute Gasteiger partial charge is 0.312 e. The van der Waals surface area contributed by atoms with Crippen molar-refractivity contribution in [1.29, 1.82) is 0 Å². The summed E-state index contributed by atoms with van der Waals surface area (Å²) < 4.78 is 5.72. The molecule has 0 unspecified atom stereocenters. The van der Waals surface area contributed by atoms with Crippen LogP contribution in [0.25, 0.3) is 0 Å². The fourth-order valence-corrected chi connectivity index (χ4v) is 1.56. The lowest BCUT2D eigenvalue weighted by Crippen LogP contribution is -2.30. The molecule has 0 bridgehead atoms. The summed E-state index contributed by atoms with van der Waals surface area (Å²) in [6.45, 7) is 9.70. The predicted octanol–water partition coefficient (Wildman–Crippen LogP) is 3.61. The molecular weight excluding hydrogens is 228 g/mol. The average Bonchev–Trinajstić information content (AvgIpc) is 2.26. The maximum absolute atomic E-state index is 11.0. The van der Waals surface area contributed by atoms with Gasteiger partial charge in [0, 0.05) is 0 Å². The molecule has 0 saturated carbocycles. The zero-order valence-corrected chi connectivity index (χ0v) is 11.8. The summed E-state index contributed by atoms with van der Waals surface area (Å²) in [4.78, 5) is 11.0. The minimum atomic E-state index is -0.877. The molecule has 0 atom stereocenters. The van der Waals surface area contributed by atoms with E-state index >= 15 is 0 Å². The Morgan fingerprint density at radius 1 is 1.39 bits per heavy atom. The Kier molecular flexibility index (Phi) is 4.38. The molecule has 0 saturated heterocycles. The van der Waals surface area contributed by atoms with Crippen LogP contribution >= 0.6 is 0 Å². The predicted molar refractivity (Wildman–Crippen MR) is 72.2 cm³/mol. The summed E-state index contributed by atoms with van der Waals surface area (Å²) in [6, 6.07) is 6.06. The zero-order chi connectivity index (χ0) is 13.9. The van der Waals surface area contributed by atoms with E-state index in [0.717, 1.165) is 16.9 Å². The van der Waals surface area contributed by atoms with Gasteiger partial charge in [0.15, 0.2) is 0 Å². The molecule has 18 heavy (non-hydrogen) atoms. The lowest BCUT2D eigenvalue weighted by molar-refractivity contribution is -0.148. The van der Waals surface area contributed by atoms with Gasteiger partial charge in [0.2, 0.25) is 0 Å². The second kappa shape index (κ2) is 5.42. The molecule has 1 aromatic rings. The summed E-state index contributed by atoms with van der Waals surface area (Å²) in [5.41, 5.74) is 1.35. The van der Waals surface area contributed by atoms with Crippen molar-refractivity contribution in [1.82, 2.24) is 0 Å². The average molecular weight is 250 g/mol. The molecule has 0 aliphatic rings. The van der Waals surface area contributed by atoms with E-state index in [-0.39, 0.29) is 6.61 Å². The van der Waals surface area contributed by atoms with Crippen LogP contribution in [-0.2, 0) is 4.79 Å². The van der Waals surface area contributed by atoms with E-state index in [1.165, 1.54) is 0 Å². The van der Waals surface area contributed by atoms with Crippen LogP contribution in [0.1, 0.15) is 44.7 Å². The number of hydrogen-bond donors (Lipinski definition) is 1. The zero-order valence-electron chi connectivity index (χ0n) is 11.8. The van der Waals surface area contributed by atoms with Gasteiger partial charge in [0.1, 0.15) is 12.4 Å². The van der Waals surface area contributed by atoms with E-state index in [1.54, 1.807) is 13.8 Å². The van der Waals surface area contributed by atoms with Crippen LogP contribution in [0.3, 0.4) is 0 Å². The number of ether oxygens (including phenoxy) is 1. The van der Waals surface area contributed by atoms with Gasteiger partial charge in [-0.2, -0.15) is 0 Å². The van der Waals surface area contributed by atoms with Crippen molar-refractivity contribution < 1.29 is 14.6 Å². The third kappa shape index (κ3) is 3.49. The normalized spacial score (nSPS) is 11.7. The number of carbonyl (C=O) groups is 1. The minimum absolute atomic E-state index is 0.172. The number of benzene rings is 1. The van der Waals surface area contributed by atoms with E-state index in [2.05, 4.69) is 13.8 Å². The molecule has 0 fully saturated rings. The molecule has 0 spiro atoms. The molecule has 0 amide bonds. The van der Waals surface area contributed by atoms with Crippen LogP contribution in [0.5, 0.6) is 5.75 Å². The largest absolute Gasteiger partial charge is 0.492 e. The first-order valence-corrected chi connectivity index (χ1v) is 6.21. The molecule has 3 heteroatoms. The Morgan fingerprint density at radius 2 is 2.00 bits per heavy atom. The van der Waals surface area contributed by atoms with Gasteiger partial charge in [-0.3, -0.25) is 4.79 Å². The van der Waals surface area contributed by atoms with Crippen molar-refractivity contribution in [3.63, 3.8) is 0 Å². The van der Waals surface area contributed by atoms with Gasteiger partial charge in [-0.15, -0.1) is 0 Å². The minimum Gasteiger partial charge on any atom is -0.492 e. The molecule has 0 aliphatic heterocycles. The molecule has 3 nitrogen and oxygen atoms in total. The van der Waals surface area contributed by atoms with Crippen molar-refractivity contribution in [3.05, 3.63) is 29.3 Å². The SMILES string of the molecule is Cc1ccc(C(C)C)c(OCC(C)(C)C(=O)O)c1. The van der Waals surface area contributed by atoms with E-state index < -0.39 is 11.4 Å². The quantitative estimate of drug-likeness (QED) is 0.868. The van der Waals surface area contributed by atoms with Gasteiger partial charge in [-0.05, 0) is 43.9 Å². The second-order valence-corrected chi connectivity index (χ2v) is 5.67. The summed E-state index contributed by atoms with van der Waals surface area (Å²) in [5, 5.41) is 9.07. The summed E-state index contributed by atoms with van der Waals surface area (Å²) >= 11 is 0. The van der Waals surface area contributed by atoms with Crippen LogP contribution in [-0.4, -0.2) is 17.7 Å². The van der Waals surface area contributed by atoms with Gasteiger partial charge >= 0.3 is 5.97 Å². The number of carboxylic acid groups (broad SMARTS) is 1. The molecule has 0 radical (unpaired) electrons. The van der Waals surface area contributed by atoms with Crippen LogP contribution in [0.15, 0.2) is 18.2 Å². The topological polar surface area (TPSA) is 46.5 Å². The lowest BCUT2D eigenvalue weighted by Gasteiger charge is -2.22. The number of carboxylic acids is 1. The number of rotatable bonds is 5. The Labute approximate surface area is 109 Å².